The molecule has 0 aromatic heterocycles. The summed E-state index contributed by atoms with van der Waals surface area (Å²) in [6, 6.07) is 10.2. The van der Waals surface area contributed by atoms with Gasteiger partial charge >= 0.3 is 11.8 Å². The van der Waals surface area contributed by atoms with Crippen LogP contribution in [-0.4, -0.2) is 23.0 Å². The molecule has 128 valence electrons. The molecule has 2 rings (SSSR count). The summed E-state index contributed by atoms with van der Waals surface area (Å²) in [5.74, 6) is -2.66. The standard InChI is InChI=1S/C16H14N4O5/c1-10-2-5-12(6-3-10)18-15(22)16(23)19-17-9-11-4-7-14(21)13(8-11)20(24)25/h2-9,21H,1H3,(H,18,22)(H,19,23)/p-1/b17-9-. The quantitative estimate of drug-likeness (QED) is 0.371. The van der Waals surface area contributed by atoms with Crippen molar-refractivity contribution in [3.63, 3.8) is 0 Å². The van der Waals surface area contributed by atoms with E-state index in [1.54, 1.807) is 24.3 Å². The smallest absolute Gasteiger partial charge is 0.329 e. The van der Waals surface area contributed by atoms with Gasteiger partial charge in [0.25, 0.3) is 5.69 Å². The molecular formula is C16H13N4O5-. The average Bonchev–Trinajstić information content (AvgIpc) is 2.58. The maximum Gasteiger partial charge on any atom is 0.329 e. The Labute approximate surface area is 142 Å². The van der Waals surface area contributed by atoms with Crippen LogP contribution >= 0.6 is 0 Å². The molecule has 0 atom stereocenters. The zero-order chi connectivity index (χ0) is 18.4. The minimum absolute atomic E-state index is 0.227. The molecule has 0 aliphatic carbocycles. The summed E-state index contributed by atoms with van der Waals surface area (Å²) in [7, 11) is 0. The molecule has 0 bridgehead atoms. The monoisotopic (exact) mass is 341 g/mol. The summed E-state index contributed by atoms with van der Waals surface area (Å²) in [5, 5.41) is 27.9. The summed E-state index contributed by atoms with van der Waals surface area (Å²) < 4.78 is 0. The number of amides is 2. The Morgan fingerprint density at radius 2 is 1.80 bits per heavy atom. The summed E-state index contributed by atoms with van der Waals surface area (Å²) in [4.78, 5) is 33.2. The SMILES string of the molecule is Cc1ccc(NC(=O)C(=O)N/N=C\c2ccc([O-])c([N+](=O)[O-])c2)cc1. The topological polar surface area (TPSA) is 137 Å². The first kappa shape index (κ1) is 17.6. The van der Waals surface area contributed by atoms with E-state index in [1.165, 1.54) is 6.07 Å². The molecule has 0 aliphatic heterocycles. The summed E-state index contributed by atoms with van der Waals surface area (Å²) in [5.41, 5.74) is 3.08. The molecule has 9 heteroatoms. The minimum Gasteiger partial charge on any atom is -0.868 e. The molecule has 0 radical (unpaired) electrons. The minimum atomic E-state index is -1.01. The van der Waals surface area contributed by atoms with Gasteiger partial charge in [0, 0.05) is 17.3 Å². The van der Waals surface area contributed by atoms with Gasteiger partial charge in [-0.3, -0.25) is 19.7 Å². The lowest BCUT2D eigenvalue weighted by Crippen LogP contribution is -2.32. The molecule has 0 fully saturated rings. The van der Waals surface area contributed by atoms with Gasteiger partial charge in [-0.15, -0.1) is 0 Å². The van der Waals surface area contributed by atoms with Crippen LogP contribution in [0.4, 0.5) is 11.4 Å². The van der Waals surface area contributed by atoms with Crippen LogP contribution in [0.1, 0.15) is 11.1 Å². The predicted octanol–water partition coefficient (Wildman–Crippen LogP) is 1.07. The molecule has 0 unspecified atom stereocenters. The number of nitro groups is 1. The van der Waals surface area contributed by atoms with E-state index in [9.17, 15) is 24.8 Å². The number of nitrogens with one attached hydrogen (secondary N) is 2. The number of hydrazone groups is 1. The molecule has 25 heavy (non-hydrogen) atoms. The number of nitrogens with zero attached hydrogens (tertiary/aromatic N) is 2. The van der Waals surface area contributed by atoms with Gasteiger partial charge in [-0.25, -0.2) is 5.43 Å². The van der Waals surface area contributed by atoms with Gasteiger partial charge in [0.05, 0.1) is 11.1 Å². The Balaban J connectivity index is 1.95. The first-order valence-electron chi connectivity index (χ1n) is 7.03. The number of nitro benzene ring substituents is 1. The Morgan fingerprint density at radius 3 is 2.44 bits per heavy atom. The van der Waals surface area contributed by atoms with E-state index in [2.05, 4.69) is 10.4 Å². The van der Waals surface area contributed by atoms with Crippen LogP contribution in [0, 0.1) is 17.0 Å². The second-order valence-electron chi connectivity index (χ2n) is 5.00. The highest BCUT2D eigenvalue weighted by Crippen LogP contribution is 2.22. The highest BCUT2D eigenvalue weighted by Gasteiger charge is 2.12. The lowest BCUT2D eigenvalue weighted by atomic mass is 10.2. The van der Waals surface area contributed by atoms with Crippen molar-refractivity contribution >= 4 is 29.4 Å². The maximum absolute atomic E-state index is 11.7. The van der Waals surface area contributed by atoms with Crippen molar-refractivity contribution in [1.29, 1.82) is 0 Å². The second kappa shape index (κ2) is 7.68. The first-order valence-corrected chi connectivity index (χ1v) is 7.03. The van der Waals surface area contributed by atoms with E-state index in [0.717, 1.165) is 23.9 Å². The van der Waals surface area contributed by atoms with Crippen LogP contribution in [0.3, 0.4) is 0 Å². The van der Waals surface area contributed by atoms with Crippen molar-refractivity contribution in [2.45, 2.75) is 6.92 Å². The fraction of sp³-hybridized carbons (Fsp3) is 0.0625. The number of carbonyl (C=O) groups is 2. The van der Waals surface area contributed by atoms with Crippen LogP contribution in [0.25, 0.3) is 0 Å². The number of hydrogen-bond acceptors (Lipinski definition) is 6. The van der Waals surface area contributed by atoms with Gasteiger partial charge in [0.1, 0.15) is 0 Å². The molecule has 0 spiro atoms. The van der Waals surface area contributed by atoms with Crippen molar-refractivity contribution in [2.75, 3.05) is 5.32 Å². The van der Waals surface area contributed by atoms with Crippen LogP contribution in [-0.2, 0) is 9.59 Å². The summed E-state index contributed by atoms with van der Waals surface area (Å²) in [6.45, 7) is 1.89. The Bertz CT molecular complexity index is 846. The van der Waals surface area contributed by atoms with E-state index >= 15 is 0 Å². The van der Waals surface area contributed by atoms with Crippen molar-refractivity contribution in [1.82, 2.24) is 5.43 Å². The fourth-order valence-corrected chi connectivity index (χ4v) is 1.80. The number of anilines is 1. The van der Waals surface area contributed by atoms with Gasteiger partial charge in [0.2, 0.25) is 0 Å². The molecule has 2 amide bonds. The number of benzene rings is 2. The number of aryl methyl sites for hydroxylation is 1. The van der Waals surface area contributed by atoms with E-state index in [0.29, 0.717) is 5.69 Å². The molecule has 2 aromatic rings. The van der Waals surface area contributed by atoms with Crippen molar-refractivity contribution in [2.24, 2.45) is 5.10 Å². The van der Waals surface area contributed by atoms with E-state index in [-0.39, 0.29) is 5.56 Å². The van der Waals surface area contributed by atoms with Gasteiger partial charge in [-0.2, -0.15) is 5.10 Å². The Hall–Kier alpha value is -3.75. The Morgan fingerprint density at radius 1 is 1.12 bits per heavy atom. The van der Waals surface area contributed by atoms with Gasteiger partial charge < -0.3 is 10.4 Å². The zero-order valence-corrected chi connectivity index (χ0v) is 13.1. The van der Waals surface area contributed by atoms with Crippen molar-refractivity contribution in [3.8, 4) is 5.75 Å². The molecule has 2 N–H and O–H groups in total. The average molecular weight is 341 g/mol. The molecule has 9 nitrogen and oxygen atoms in total. The number of carbonyl (C=O) groups excluding carboxylic acids is 2. The van der Waals surface area contributed by atoms with Gasteiger partial charge in [0.15, 0.2) is 0 Å². The number of hydrogen-bond donors (Lipinski definition) is 2. The van der Waals surface area contributed by atoms with Crippen LogP contribution in [0.2, 0.25) is 0 Å². The van der Waals surface area contributed by atoms with Crippen molar-refractivity contribution < 1.29 is 19.6 Å². The van der Waals surface area contributed by atoms with Crippen LogP contribution < -0.4 is 15.8 Å². The van der Waals surface area contributed by atoms with E-state index in [1.807, 2.05) is 12.3 Å². The summed E-state index contributed by atoms with van der Waals surface area (Å²) >= 11 is 0. The maximum atomic E-state index is 11.7. The van der Waals surface area contributed by atoms with Gasteiger partial charge in [-0.1, -0.05) is 29.8 Å². The third-order valence-electron chi connectivity index (χ3n) is 3.08. The lowest BCUT2D eigenvalue weighted by molar-refractivity contribution is -0.398. The van der Waals surface area contributed by atoms with Gasteiger partial charge in [-0.05, 0) is 24.8 Å². The lowest BCUT2D eigenvalue weighted by Gasteiger charge is -2.06. The zero-order valence-electron chi connectivity index (χ0n) is 13.1. The number of rotatable bonds is 4. The van der Waals surface area contributed by atoms with Crippen LogP contribution in [0.5, 0.6) is 5.75 Å². The summed E-state index contributed by atoms with van der Waals surface area (Å²) in [6.07, 6.45) is 1.09. The molecule has 2 aromatic carbocycles. The third-order valence-corrected chi connectivity index (χ3v) is 3.08. The van der Waals surface area contributed by atoms with E-state index in [4.69, 9.17) is 0 Å². The molecule has 0 saturated carbocycles. The normalized spacial score (nSPS) is 10.4. The highest BCUT2D eigenvalue weighted by atomic mass is 16.6. The molecule has 0 heterocycles. The predicted molar refractivity (Wildman–Crippen MR) is 88.1 cm³/mol. The first-order chi connectivity index (χ1) is 11.9. The second-order valence-corrected chi connectivity index (χ2v) is 5.00. The molecular weight excluding hydrogens is 328 g/mol. The largest absolute Gasteiger partial charge is 0.868 e. The highest BCUT2D eigenvalue weighted by molar-refractivity contribution is 6.39. The Kier molecular flexibility index (Phi) is 5.41. The molecule has 0 aliphatic rings. The van der Waals surface area contributed by atoms with E-state index < -0.39 is 28.2 Å². The third kappa shape index (κ3) is 4.86. The van der Waals surface area contributed by atoms with Crippen LogP contribution in [0.15, 0.2) is 47.6 Å². The molecule has 0 saturated heterocycles. The van der Waals surface area contributed by atoms with Crippen molar-refractivity contribution in [3.05, 3.63) is 63.7 Å². The fourth-order valence-electron chi connectivity index (χ4n) is 1.80.